The molecular weight excluding hydrogens is 256 g/mol. The number of aromatic nitrogens is 6. The molecule has 0 aliphatic heterocycles. The van der Waals surface area contributed by atoms with Gasteiger partial charge in [-0.1, -0.05) is 0 Å². The van der Waals surface area contributed by atoms with Crippen LogP contribution >= 0.6 is 0 Å². The molecule has 0 saturated carbocycles. The number of nitrogens with one attached hydrogen (secondary N) is 1. The minimum absolute atomic E-state index is 0.415. The maximum Gasteiger partial charge on any atom is 0.346 e. The third kappa shape index (κ3) is 1.57. The van der Waals surface area contributed by atoms with Crippen molar-refractivity contribution in [1.82, 2.24) is 29.5 Å². The van der Waals surface area contributed by atoms with Crippen LogP contribution in [0, 0.1) is 0 Å². The Balaban J connectivity index is 2.03. The predicted octanol–water partition coefficient (Wildman–Crippen LogP) is 1.03. The molecule has 0 fully saturated rings. The monoisotopic (exact) mass is 264 g/mol. The van der Waals surface area contributed by atoms with E-state index in [1.165, 1.54) is 6.20 Å². The van der Waals surface area contributed by atoms with Crippen LogP contribution in [0.4, 0.5) is 0 Å². The van der Waals surface area contributed by atoms with E-state index in [0.717, 1.165) is 22.3 Å². The summed E-state index contributed by atoms with van der Waals surface area (Å²) < 4.78 is 1.69. The summed E-state index contributed by atoms with van der Waals surface area (Å²) in [7, 11) is 0. The number of pyridine rings is 1. The van der Waals surface area contributed by atoms with E-state index < -0.39 is 5.69 Å². The van der Waals surface area contributed by atoms with E-state index in [1.807, 2.05) is 24.4 Å². The van der Waals surface area contributed by atoms with Crippen LogP contribution in [0.3, 0.4) is 0 Å². The van der Waals surface area contributed by atoms with Crippen molar-refractivity contribution in [3.05, 3.63) is 53.5 Å². The SMILES string of the molecule is O=c1ncc2c(-c3ccn4nccc4n3)ccnc2[nH]1. The molecule has 0 radical (unpaired) electrons. The minimum atomic E-state index is -0.415. The average molecular weight is 264 g/mol. The largest absolute Gasteiger partial charge is 0.346 e. The van der Waals surface area contributed by atoms with Crippen LogP contribution in [0.1, 0.15) is 0 Å². The second kappa shape index (κ2) is 3.95. The van der Waals surface area contributed by atoms with E-state index in [2.05, 4.69) is 25.0 Å². The zero-order chi connectivity index (χ0) is 13.5. The average Bonchev–Trinajstić information content (AvgIpc) is 2.93. The molecule has 4 aromatic heterocycles. The molecule has 1 N–H and O–H groups in total. The Morgan fingerprint density at radius 1 is 1.10 bits per heavy atom. The van der Waals surface area contributed by atoms with Gasteiger partial charge in [0.2, 0.25) is 0 Å². The topological polar surface area (TPSA) is 88.8 Å². The van der Waals surface area contributed by atoms with Crippen molar-refractivity contribution < 1.29 is 0 Å². The molecule has 7 heteroatoms. The number of hydrogen-bond acceptors (Lipinski definition) is 5. The number of H-pyrrole nitrogens is 1. The highest BCUT2D eigenvalue weighted by molar-refractivity contribution is 5.90. The van der Waals surface area contributed by atoms with E-state index in [0.29, 0.717) is 5.65 Å². The molecule has 96 valence electrons. The smallest absolute Gasteiger partial charge is 0.290 e. The zero-order valence-electron chi connectivity index (χ0n) is 10.2. The standard InChI is InChI=1S/C13H8N6O/c20-13-15-7-9-8(1-4-14-12(9)18-13)10-3-6-19-11(17-10)2-5-16-19/h1-7H,(H,14,15,18,20). The quantitative estimate of drug-likeness (QED) is 0.554. The Morgan fingerprint density at radius 3 is 3.00 bits per heavy atom. The third-order valence-corrected chi connectivity index (χ3v) is 3.06. The van der Waals surface area contributed by atoms with Gasteiger partial charge in [0, 0.05) is 35.6 Å². The van der Waals surface area contributed by atoms with Crippen molar-refractivity contribution in [2.45, 2.75) is 0 Å². The van der Waals surface area contributed by atoms with Gasteiger partial charge in [-0.3, -0.25) is 4.98 Å². The van der Waals surface area contributed by atoms with Gasteiger partial charge in [0.25, 0.3) is 0 Å². The van der Waals surface area contributed by atoms with Crippen molar-refractivity contribution in [2.75, 3.05) is 0 Å². The lowest BCUT2D eigenvalue weighted by molar-refractivity contribution is 0.941. The molecule has 0 atom stereocenters. The molecule has 4 aromatic rings. The van der Waals surface area contributed by atoms with Gasteiger partial charge in [0.05, 0.1) is 11.9 Å². The molecule has 0 amide bonds. The highest BCUT2D eigenvalue weighted by atomic mass is 16.1. The summed E-state index contributed by atoms with van der Waals surface area (Å²) in [5.41, 5.74) is 2.48. The number of rotatable bonds is 1. The summed E-state index contributed by atoms with van der Waals surface area (Å²) in [6.45, 7) is 0. The second-order valence-electron chi connectivity index (χ2n) is 4.26. The third-order valence-electron chi connectivity index (χ3n) is 3.06. The van der Waals surface area contributed by atoms with E-state index in [-0.39, 0.29) is 0 Å². The minimum Gasteiger partial charge on any atom is -0.290 e. The highest BCUT2D eigenvalue weighted by Gasteiger charge is 2.08. The molecule has 0 unspecified atom stereocenters. The van der Waals surface area contributed by atoms with Crippen molar-refractivity contribution in [3.63, 3.8) is 0 Å². The van der Waals surface area contributed by atoms with Crippen molar-refractivity contribution >= 4 is 16.7 Å². The zero-order valence-corrected chi connectivity index (χ0v) is 10.2. The first-order valence-corrected chi connectivity index (χ1v) is 5.96. The van der Waals surface area contributed by atoms with Crippen molar-refractivity contribution in [2.24, 2.45) is 0 Å². The first-order chi connectivity index (χ1) is 9.81. The van der Waals surface area contributed by atoms with Crippen LogP contribution < -0.4 is 5.69 Å². The molecule has 0 aliphatic carbocycles. The number of nitrogens with zero attached hydrogens (tertiary/aromatic N) is 5. The number of hydrogen-bond donors (Lipinski definition) is 1. The molecule has 20 heavy (non-hydrogen) atoms. The van der Waals surface area contributed by atoms with Gasteiger partial charge in [0.15, 0.2) is 5.65 Å². The predicted molar refractivity (Wildman–Crippen MR) is 72.1 cm³/mol. The van der Waals surface area contributed by atoms with E-state index in [1.54, 1.807) is 16.9 Å². The Hall–Kier alpha value is -3.09. The molecule has 0 aliphatic rings. The van der Waals surface area contributed by atoms with Gasteiger partial charge >= 0.3 is 5.69 Å². The Bertz CT molecular complexity index is 987. The lowest BCUT2D eigenvalue weighted by Crippen LogP contribution is -2.09. The summed E-state index contributed by atoms with van der Waals surface area (Å²) in [6.07, 6.45) is 6.67. The summed E-state index contributed by atoms with van der Waals surface area (Å²) in [4.78, 5) is 26.3. The lowest BCUT2D eigenvalue weighted by atomic mass is 10.1. The van der Waals surface area contributed by atoms with Crippen molar-refractivity contribution in [1.29, 1.82) is 0 Å². The van der Waals surface area contributed by atoms with Gasteiger partial charge < -0.3 is 0 Å². The highest BCUT2D eigenvalue weighted by Crippen LogP contribution is 2.23. The van der Waals surface area contributed by atoms with Gasteiger partial charge in [-0.05, 0) is 12.1 Å². The van der Waals surface area contributed by atoms with Gasteiger partial charge in [-0.2, -0.15) is 5.10 Å². The van der Waals surface area contributed by atoms with Crippen molar-refractivity contribution in [3.8, 4) is 11.3 Å². The van der Waals surface area contributed by atoms with Gasteiger partial charge in [0.1, 0.15) is 5.65 Å². The summed E-state index contributed by atoms with van der Waals surface area (Å²) >= 11 is 0. The summed E-state index contributed by atoms with van der Waals surface area (Å²) in [5, 5.41) is 4.86. The van der Waals surface area contributed by atoms with Gasteiger partial charge in [-0.25, -0.2) is 24.3 Å². The Kier molecular flexibility index (Phi) is 2.13. The van der Waals surface area contributed by atoms with Crippen LogP contribution in [0.25, 0.3) is 27.9 Å². The Morgan fingerprint density at radius 2 is 2.05 bits per heavy atom. The van der Waals surface area contributed by atoms with E-state index in [9.17, 15) is 4.79 Å². The molecule has 0 bridgehead atoms. The summed E-state index contributed by atoms with van der Waals surface area (Å²) in [5.74, 6) is 0. The lowest BCUT2D eigenvalue weighted by Gasteiger charge is -2.04. The molecule has 0 spiro atoms. The van der Waals surface area contributed by atoms with E-state index in [4.69, 9.17) is 0 Å². The van der Waals surface area contributed by atoms with Crippen LogP contribution in [0.5, 0.6) is 0 Å². The summed E-state index contributed by atoms with van der Waals surface area (Å²) in [6, 6.07) is 5.53. The van der Waals surface area contributed by atoms with Crippen LogP contribution in [0.2, 0.25) is 0 Å². The fourth-order valence-electron chi connectivity index (χ4n) is 2.15. The number of aromatic amines is 1. The molecule has 4 rings (SSSR count). The fraction of sp³-hybridized carbons (Fsp3) is 0. The molecule has 0 saturated heterocycles. The molecular formula is C13H8N6O. The van der Waals surface area contributed by atoms with E-state index >= 15 is 0 Å². The van der Waals surface area contributed by atoms with Crippen LogP contribution in [-0.4, -0.2) is 29.5 Å². The maximum absolute atomic E-state index is 11.2. The molecule has 4 heterocycles. The Labute approximate surface area is 112 Å². The number of fused-ring (bicyclic) bond motifs is 2. The molecule has 7 nitrogen and oxygen atoms in total. The molecule has 0 aromatic carbocycles. The normalized spacial score (nSPS) is 11.2. The maximum atomic E-state index is 11.2. The second-order valence-corrected chi connectivity index (χ2v) is 4.26. The first kappa shape index (κ1) is 10.8. The van der Waals surface area contributed by atoms with Gasteiger partial charge in [-0.15, -0.1) is 0 Å². The first-order valence-electron chi connectivity index (χ1n) is 5.96. The van der Waals surface area contributed by atoms with Crippen LogP contribution in [-0.2, 0) is 0 Å². The van der Waals surface area contributed by atoms with Crippen LogP contribution in [0.15, 0.2) is 47.8 Å². The fourth-order valence-corrected chi connectivity index (χ4v) is 2.15.